The van der Waals surface area contributed by atoms with Gasteiger partial charge in [-0.05, 0) is 36.0 Å². The monoisotopic (exact) mass is 212 g/mol. The average molecular weight is 213 g/mol. The lowest BCUT2D eigenvalue weighted by Gasteiger charge is -2.23. The van der Waals surface area contributed by atoms with Crippen LogP contribution < -0.4 is 0 Å². The Morgan fingerprint density at radius 2 is 1.79 bits per heavy atom. The first-order chi connectivity index (χ1) is 6.53. The summed E-state index contributed by atoms with van der Waals surface area (Å²) < 4.78 is 0. The van der Waals surface area contributed by atoms with Gasteiger partial charge in [-0.2, -0.15) is 0 Å². The first-order valence-electron chi connectivity index (χ1n) is 4.89. The lowest BCUT2D eigenvalue weighted by atomic mass is 9.83. The third-order valence-electron chi connectivity index (χ3n) is 2.38. The van der Waals surface area contributed by atoms with E-state index in [0.717, 1.165) is 17.9 Å². The van der Waals surface area contributed by atoms with Crippen molar-refractivity contribution in [2.45, 2.75) is 26.7 Å². The molecular weight excluding hydrogens is 196 g/mol. The summed E-state index contributed by atoms with van der Waals surface area (Å²) in [6.45, 7) is 4.58. The van der Waals surface area contributed by atoms with Gasteiger partial charge in [0.05, 0.1) is 0 Å². The standard InChI is InChI=1S/C12H17ClO/c1-12(2,7-8-14)9-10-3-5-11(13)6-4-10/h3-6,14H,7-9H2,1-2H3. The van der Waals surface area contributed by atoms with Crippen LogP contribution in [0.1, 0.15) is 25.8 Å². The second-order valence-electron chi connectivity index (χ2n) is 4.44. The Balaban J connectivity index is 2.64. The Morgan fingerprint density at radius 3 is 2.29 bits per heavy atom. The van der Waals surface area contributed by atoms with Crippen LogP contribution in [0.15, 0.2) is 24.3 Å². The summed E-state index contributed by atoms with van der Waals surface area (Å²) in [5.74, 6) is 0. The number of rotatable bonds is 4. The van der Waals surface area contributed by atoms with Crippen LogP contribution in [0.4, 0.5) is 0 Å². The molecule has 0 spiro atoms. The number of benzene rings is 1. The molecule has 0 radical (unpaired) electrons. The second kappa shape index (κ2) is 4.81. The van der Waals surface area contributed by atoms with E-state index >= 15 is 0 Å². The van der Waals surface area contributed by atoms with Gasteiger partial charge in [0.25, 0.3) is 0 Å². The molecule has 1 rings (SSSR count). The maximum absolute atomic E-state index is 8.90. The van der Waals surface area contributed by atoms with E-state index in [1.165, 1.54) is 5.56 Å². The predicted molar refractivity (Wildman–Crippen MR) is 60.6 cm³/mol. The molecule has 0 amide bonds. The van der Waals surface area contributed by atoms with Gasteiger partial charge >= 0.3 is 0 Å². The van der Waals surface area contributed by atoms with Crippen molar-refractivity contribution in [3.63, 3.8) is 0 Å². The largest absolute Gasteiger partial charge is 0.396 e. The average Bonchev–Trinajstić information content (AvgIpc) is 2.08. The topological polar surface area (TPSA) is 20.2 Å². The predicted octanol–water partition coefficient (Wildman–Crippen LogP) is 3.29. The molecule has 1 nitrogen and oxygen atoms in total. The van der Waals surface area contributed by atoms with Gasteiger partial charge in [-0.3, -0.25) is 0 Å². The van der Waals surface area contributed by atoms with E-state index in [1.807, 2.05) is 24.3 Å². The van der Waals surface area contributed by atoms with Gasteiger partial charge in [0.2, 0.25) is 0 Å². The summed E-state index contributed by atoms with van der Waals surface area (Å²) in [6, 6.07) is 7.90. The molecule has 0 aliphatic rings. The number of hydrogen-bond donors (Lipinski definition) is 1. The molecule has 0 saturated carbocycles. The van der Waals surface area contributed by atoms with Crippen LogP contribution in [-0.4, -0.2) is 11.7 Å². The van der Waals surface area contributed by atoms with Crippen molar-refractivity contribution in [3.8, 4) is 0 Å². The molecule has 0 heterocycles. The summed E-state index contributed by atoms with van der Waals surface area (Å²) >= 11 is 5.80. The van der Waals surface area contributed by atoms with E-state index in [1.54, 1.807) is 0 Å². The molecule has 0 saturated heterocycles. The van der Waals surface area contributed by atoms with Crippen molar-refractivity contribution in [2.24, 2.45) is 5.41 Å². The molecule has 0 atom stereocenters. The van der Waals surface area contributed by atoms with E-state index in [9.17, 15) is 0 Å². The van der Waals surface area contributed by atoms with E-state index in [-0.39, 0.29) is 12.0 Å². The number of hydrogen-bond acceptors (Lipinski definition) is 1. The van der Waals surface area contributed by atoms with Crippen molar-refractivity contribution in [2.75, 3.05) is 6.61 Å². The van der Waals surface area contributed by atoms with Gasteiger partial charge in [0, 0.05) is 11.6 Å². The first-order valence-corrected chi connectivity index (χ1v) is 5.27. The Kier molecular flexibility index (Phi) is 3.97. The van der Waals surface area contributed by atoms with E-state index in [4.69, 9.17) is 16.7 Å². The molecule has 1 N–H and O–H groups in total. The lowest BCUT2D eigenvalue weighted by molar-refractivity contribution is 0.211. The van der Waals surface area contributed by atoms with Crippen molar-refractivity contribution in [1.29, 1.82) is 0 Å². The molecule has 2 heteroatoms. The van der Waals surface area contributed by atoms with Crippen molar-refractivity contribution < 1.29 is 5.11 Å². The minimum Gasteiger partial charge on any atom is -0.396 e. The summed E-state index contributed by atoms with van der Waals surface area (Å²) in [7, 11) is 0. The zero-order valence-electron chi connectivity index (χ0n) is 8.76. The van der Waals surface area contributed by atoms with Gasteiger partial charge in [-0.1, -0.05) is 37.6 Å². The molecule has 0 aliphatic heterocycles. The zero-order chi connectivity index (χ0) is 10.6. The van der Waals surface area contributed by atoms with E-state index in [2.05, 4.69) is 13.8 Å². The molecule has 0 unspecified atom stereocenters. The fourth-order valence-electron chi connectivity index (χ4n) is 1.55. The Bertz CT molecular complexity index is 277. The van der Waals surface area contributed by atoms with Crippen LogP contribution >= 0.6 is 11.6 Å². The minimum absolute atomic E-state index is 0.155. The highest BCUT2D eigenvalue weighted by Crippen LogP contribution is 2.25. The molecule has 78 valence electrons. The van der Waals surface area contributed by atoms with Crippen molar-refractivity contribution in [3.05, 3.63) is 34.9 Å². The van der Waals surface area contributed by atoms with Gasteiger partial charge in [-0.25, -0.2) is 0 Å². The molecule has 0 fully saturated rings. The molecule has 1 aromatic carbocycles. The molecule has 14 heavy (non-hydrogen) atoms. The minimum atomic E-state index is 0.155. The normalized spacial score (nSPS) is 11.7. The summed E-state index contributed by atoms with van der Waals surface area (Å²) in [5.41, 5.74) is 1.43. The van der Waals surface area contributed by atoms with Crippen LogP contribution in [0.3, 0.4) is 0 Å². The fraction of sp³-hybridized carbons (Fsp3) is 0.500. The highest BCUT2D eigenvalue weighted by atomic mass is 35.5. The first kappa shape index (κ1) is 11.5. The fourth-order valence-corrected chi connectivity index (χ4v) is 1.67. The van der Waals surface area contributed by atoms with Crippen molar-refractivity contribution >= 4 is 11.6 Å². The summed E-state index contributed by atoms with van der Waals surface area (Å²) in [5, 5.41) is 9.67. The third kappa shape index (κ3) is 3.69. The second-order valence-corrected chi connectivity index (χ2v) is 4.88. The zero-order valence-corrected chi connectivity index (χ0v) is 9.51. The molecule has 0 bridgehead atoms. The number of aliphatic hydroxyl groups excluding tert-OH is 1. The smallest absolute Gasteiger partial charge is 0.0436 e. The highest BCUT2D eigenvalue weighted by molar-refractivity contribution is 6.30. The highest BCUT2D eigenvalue weighted by Gasteiger charge is 2.17. The van der Waals surface area contributed by atoms with Gasteiger partial charge < -0.3 is 5.11 Å². The Morgan fingerprint density at radius 1 is 1.21 bits per heavy atom. The van der Waals surface area contributed by atoms with Gasteiger partial charge in [0.15, 0.2) is 0 Å². The number of halogens is 1. The van der Waals surface area contributed by atoms with Crippen LogP contribution in [-0.2, 0) is 6.42 Å². The van der Waals surface area contributed by atoms with Crippen molar-refractivity contribution in [1.82, 2.24) is 0 Å². The Hall–Kier alpha value is -0.530. The SMILES string of the molecule is CC(C)(CCO)Cc1ccc(Cl)cc1. The van der Waals surface area contributed by atoms with Gasteiger partial charge in [-0.15, -0.1) is 0 Å². The maximum Gasteiger partial charge on any atom is 0.0436 e. The summed E-state index contributed by atoms with van der Waals surface area (Å²) in [4.78, 5) is 0. The molecule has 1 aromatic rings. The van der Waals surface area contributed by atoms with Crippen LogP contribution in [0, 0.1) is 5.41 Å². The lowest BCUT2D eigenvalue weighted by Crippen LogP contribution is -2.16. The van der Waals surface area contributed by atoms with Crippen LogP contribution in [0.5, 0.6) is 0 Å². The number of aliphatic hydroxyl groups is 1. The van der Waals surface area contributed by atoms with Crippen LogP contribution in [0.2, 0.25) is 5.02 Å². The molecular formula is C12H17ClO. The van der Waals surface area contributed by atoms with Crippen LogP contribution in [0.25, 0.3) is 0 Å². The van der Waals surface area contributed by atoms with E-state index < -0.39 is 0 Å². The summed E-state index contributed by atoms with van der Waals surface area (Å²) in [6.07, 6.45) is 1.81. The van der Waals surface area contributed by atoms with Gasteiger partial charge in [0.1, 0.15) is 0 Å². The van der Waals surface area contributed by atoms with E-state index in [0.29, 0.717) is 0 Å². The quantitative estimate of drug-likeness (QED) is 0.812. The maximum atomic E-state index is 8.90. The Labute approximate surface area is 90.7 Å². The molecule has 0 aliphatic carbocycles. The third-order valence-corrected chi connectivity index (χ3v) is 2.64. The molecule has 0 aromatic heterocycles.